The first-order chi connectivity index (χ1) is 8.11. The van der Waals surface area contributed by atoms with Gasteiger partial charge >= 0.3 is 0 Å². The van der Waals surface area contributed by atoms with E-state index in [0.717, 1.165) is 12.8 Å². The molecule has 0 saturated heterocycles. The van der Waals surface area contributed by atoms with E-state index in [1.807, 2.05) is 6.92 Å². The summed E-state index contributed by atoms with van der Waals surface area (Å²) in [6.07, 6.45) is 2.27. The van der Waals surface area contributed by atoms with Gasteiger partial charge in [-0.15, -0.1) is 0 Å². The summed E-state index contributed by atoms with van der Waals surface area (Å²) in [5, 5.41) is 0. The van der Waals surface area contributed by atoms with Gasteiger partial charge in [-0.05, 0) is 19.8 Å². The summed E-state index contributed by atoms with van der Waals surface area (Å²) >= 11 is 0. The number of nitrogens with zero attached hydrogens (tertiary/aromatic N) is 1. The Morgan fingerprint density at radius 2 is 1.76 bits per heavy atom. The van der Waals surface area contributed by atoms with E-state index in [0.29, 0.717) is 32.7 Å². The van der Waals surface area contributed by atoms with Crippen LogP contribution < -0.4 is 5.73 Å². The fourth-order valence-corrected chi connectivity index (χ4v) is 1.50. The Bertz CT molecular complexity index is 190. The van der Waals surface area contributed by atoms with Crippen LogP contribution >= 0.6 is 0 Å². The summed E-state index contributed by atoms with van der Waals surface area (Å²) in [4.78, 5) is 13.7. The van der Waals surface area contributed by atoms with Gasteiger partial charge < -0.3 is 20.1 Å². The van der Waals surface area contributed by atoms with Gasteiger partial charge in [-0.3, -0.25) is 4.79 Å². The standard InChI is InChI=1S/C12H26N2O3/c1-11(13)5-4-6-12(15)14(7-9-16-2)8-10-17-3/h11H,4-10,13H2,1-3H3. The smallest absolute Gasteiger partial charge is 0.222 e. The van der Waals surface area contributed by atoms with E-state index in [4.69, 9.17) is 15.2 Å². The highest BCUT2D eigenvalue weighted by Crippen LogP contribution is 2.03. The van der Waals surface area contributed by atoms with Crippen molar-refractivity contribution in [2.24, 2.45) is 5.73 Å². The zero-order chi connectivity index (χ0) is 13.1. The molecular formula is C12H26N2O3. The van der Waals surface area contributed by atoms with Crippen LogP contribution in [-0.2, 0) is 14.3 Å². The second-order valence-electron chi connectivity index (χ2n) is 4.24. The molecular weight excluding hydrogens is 220 g/mol. The van der Waals surface area contributed by atoms with Gasteiger partial charge in [-0.2, -0.15) is 0 Å². The maximum Gasteiger partial charge on any atom is 0.222 e. The lowest BCUT2D eigenvalue weighted by atomic mass is 10.1. The van der Waals surface area contributed by atoms with Crippen LogP contribution in [0.2, 0.25) is 0 Å². The molecule has 0 fully saturated rings. The summed E-state index contributed by atoms with van der Waals surface area (Å²) in [6.45, 7) is 4.32. The summed E-state index contributed by atoms with van der Waals surface area (Å²) in [6, 6.07) is 0.161. The number of carbonyl (C=O) groups excluding carboxylic acids is 1. The van der Waals surface area contributed by atoms with E-state index < -0.39 is 0 Å². The predicted octanol–water partition coefficient (Wildman–Crippen LogP) is 0.625. The second kappa shape index (κ2) is 10.5. The lowest BCUT2D eigenvalue weighted by Gasteiger charge is -2.22. The number of carbonyl (C=O) groups is 1. The molecule has 0 rings (SSSR count). The average Bonchev–Trinajstić information content (AvgIpc) is 2.28. The van der Waals surface area contributed by atoms with Crippen molar-refractivity contribution >= 4 is 5.91 Å². The molecule has 0 heterocycles. The van der Waals surface area contributed by atoms with Gasteiger partial charge in [-0.25, -0.2) is 0 Å². The Morgan fingerprint density at radius 3 is 2.18 bits per heavy atom. The third kappa shape index (κ3) is 9.09. The van der Waals surface area contributed by atoms with Crippen molar-refractivity contribution < 1.29 is 14.3 Å². The highest BCUT2D eigenvalue weighted by molar-refractivity contribution is 5.76. The van der Waals surface area contributed by atoms with Crippen LogP contribution in [0.25, 0.3) is 0 Å². The third-order valence-corrected chi connectivity index (χ3v) is 2.53. The quantitative estimate of drug-likeness (QED) is 0.614. The van der Waals surface area contributed by atoms with E-state index in [2.05, 4.69) is 0 Å². The van der Waals surface area contributed by atoms with E-state index in [1.54, 1.807) is 19.1 Å². The fraction of sp³-hybridized carbons (Fsp3) is 0.917. The maximum atomic E-state index is 11.9. The van der Waals surface area contributed by atoms with Crippen molar-refractivity contribution in [1.82, 2.24) is 4.90 Å². The first-order valence-electron chi connectivity index (χ1n) is 6.13. The van der Waals surface area contributed by atoms with E-state index in [1.165, 1.54) is 0 Å². The summed E-state index contributed by atoms with van der Waals surface area (Å²) < 4.78 is 9.98. The molecule has 0 aliphatic rings. The second-order valence-corrected chi connectivity index (χ2v) is 4.24. The SMILES string of the molecule is COCCN(CCOC)C(=O)CCCC(C)N. The van der Waals surface area contributed by atoms with Crippen LogP contribution in [0.15, 0.2) is 0 Å². The molecule has 1 amide bonds. The Morgan fingerprint density at radius 1 is 1.24 bits per heavy atom. The lowest BCUT2D eigenvalue weighted by molar-refractivity contribution is -0.132. The van der Waals surface area contributed by atoms with Crippen LogP contribution in [0.1, 0.15) is 26.2 Å². The zero-order valence-electron chi connectivity index (χ0n) is 11.3. The summed E-state index contributed by atoms with van der Waals surface area (Å²) in [5.74, 6) is 0.153. The number of nitrogens with two attached hydrogens (primary N) is 1. The molecule has 102 valence electrons. The molecule has 0 aromatic rings. The molecule has 0 bridgehead atoms. The van der Waals surface area contributed by atoms with Gasteiger partial charge in [0.1, 0.15) is 0 Å². The van der Waals surface area contributed by atoms with Crippen LogP contribution in [0.3, 0.4) is 0 Å². The highest BCUT2D eigenvalue weighted by atomic mass is 16.5. The van der Waals surface area contributed by atoms with Gasteiger partial charge in [0.2, 0.25) is 5.91 Å². The molecule has 0 saturated carbocycles. The molecule has 0 aliphatic heterocycles. The number of amides is 1. The monoisotopic (exact) mass is 246 g/mol. The zero-order valence-corrected chi connectivity index (χ0v) is 11.3. The minimum absolute atomic E-state index is 0.153. The van der Waals surface area contributed by atoms with Crippen molar-refractivity contribution in [2.75, 3.05) is 40.5 Å². The molecule has 17 heavy (non-hydrogen) atoms. The van der Waals surface area contributed by atoms with Crippen LogP contribution in [0, 0.1) is 0 Å². The molecule has 0 aromatic carbocycles. The summed E-state index contributed by atoms with van der Waals surface area (Å²) in [7, 11) is 3.27. The molecule has 1 atom stereocenters. The fourth-order valence-electron chi connectivity index (χ4n) is 1.50. The largest absolute Gasteiger partial charge is 0.383 e. The molecule has 0 radical (unpaired) electrons. The van der Waals surface area contributed by atoms with Crippen LogP contribution in [0.4, 0.5) is 0 Å². The van der Waals surface area contributed by atoms with Gasteiger partial charge in [0.05, 0.1) is 13.2 Å². The third-order valence-electron chi connectivity index (χ3n) is 2.53. The number of ether oxygens (including phenoxy) is 2. The minimum Gasteiger partial charge on any atom is -0.383 e. The molecule has 5 heteroatoms. The molecule has 1 unspecified atom stereocenters. The van der Waals surface area contributed by atoms with Gasteiger partial charge in [0, 0.05) is 39.8 Å². The van der Waals surface area contributed by atoms with Crippen LogP contribution in [-0.4, -0.2) is 57.4 Å². The van der Waals surface area contributed by atoms with Crippen LogP contribution in [0.5, 0.6) is 0 Å². The number of hydrogen-bond donors (Lipinski definition) is 1. The number of rotatable bonds is 10. The first kappa shape index (κ1) is 16.4. The van der Waals surface area contributed by atoms with E-state index in [-0.39, 0.29) is 11.9 Å². The Balaban J connectivity index is 3.93. The minimum atomic E-state index is 0.153. The number of methoxy groups -OCH3 is 2. The molecule has 5 nitrogen and oxygen atoms in total. The van der Waals surface area contributed by atoms with Crippen molar-refractivity contribution in [3.63, 3.8) is 0 Å². The molecule has 0 aromatic heterocycles. The maximum absolute atomic E-state index is 11.9. The first-order valence-corrected chi connectivity index (χ1v) is 6.13. The van der Waals surface area contributed by atoms with Crippen molar-refractivity contribution in [3.8, 4) is 0 Å². The Hall–Kier alpha value is -0.650. The normalized spacial score (nSPS) is 12.5. The van der Waals surface area contributed by atoms with Gasteiger partial charge in [-0.1, -0.05) is 0 Å². The van der Waals surface area contributed by atoms with Gasteiger partial charge in [0.25, 0.3) is 0 Å². The van der Waals surface area contributed by atoms with Crippen molar-refractivity contribution in [3.05, 3.63) is 0 Å². The average molecular weight is 246 g/mol. The predicted molar refractivity (Wildman–Crippen MR) is 67.8 cm³/mol. The van der Waals surface area contributed by atoms with E-state index in [9.17, 15) is 4.79 Å². The highest BCUT2D eigenvalue weighted by Gasteiger charge is 2.12. The van der Waals surface area contributed by atoms with E-state index >= 15 is 0 Å². The molecule has 0 spiro atoms. The molecule has 2 N–H and O–H groups in total. The topological polar surface area (TPSA) is 64.8 Å². The number of hydrogen-bond acceptors (Lipinski definition) is 4. The summed E-state index contributed by atoms with van der Waals surface area (Å²) in [5.41, 5.74) is 5.65. The van der Waals surface area contributed by atoms with Gasteiger partial charge in [0.15, 0.2) is 0 Å². The Labute approximate surface area is 104 Å². The Kier molecular flexibility index (Phi) is 10.1. The van der Waals surface area contributed by atoms with Crippen molar-refractivity contribution in [2.45, 2.75) is 32.2 Å². The van der Waals surface area contributed by atoms with Crippen molar-refractivity contribution in [1.29, 1.82) is 0 Å². The lowest BCUT2D eigenvalue weighted by Crippen LogP contribution is -2.36. The molecule has 0 aliphatic carbocycles.